The summed E-state index contributed by atoms with van der Waals surface area (Å²) in [7, 11) is 5.72. The van der Waals surface area contributed by atoms with Gasteiger partial charge in [0.25, 0.3) is 0 Å². The van der Waals surface area contributed by atoms with Gasteiger partial charge in [0, 0.05) is 26.7 Å². The van der Waals surface area contributed by atoms with Crippen LogP contribution in [-0.2, 0) is 0 Å². The minimum atomic E-state index is -0.301. The molecule has 0 fully saturated rings. The van der Waals surface area contributed by atoms with E-state index >= 15 is 0 Å². The molecule has 0 aliphatic heterocycles. The maximum Gasteiger partial charge on any atom is 0.315 e. The van der Waals surface area contributed by atoms with Gasteiger partial charge in [-0.1, -0.05) is 19.9 Å². The Bertz CT molecular complexity index is 475. The van der Waals surface area contributed by atoms with Crippen molar-refractivity contribution in [2.75, 3.05) is 51.0 Å². The average Bonchev–Trinajstić information content (AvgIpc) is 2.41. The van der Waals surface area contributed by atoms with Crippen LogP contribution in [-0.4, -0.2) is 50.6 Å². The molecule has 118 valence electrons. The van der Waals surface area contributed by atoms with Gasteiger partial charge >= 0.3 is 5.69 Å². The number of likely N-dealkylation sites (N-methyl/N-ethyl adjacent to an activating group) is 1. The Morgan fingerprint density at radius 2 is 1.95 bits per heavy atom. The summed E-state index contributed by atoms with van der Waals surface area (Å²) >= 11 is 0. The first kappa shape index (κ1) is 17.2. The Kier molecular flexibility index (Phi) is 6.42. The summed E-state index contributed by atoms with van der Waals surface area (Å²) in [5.74, 6) is 0.435. The second kappa shape index (κ2) is 7.83. The van der Waals surface area contributed by atoms with Crippen LogP contribution in [0.15, 0.2) is 18.2 Å². The molecule has 0 spiro atoms. The second-order valence-electron chi connectivity index (χ2n) is 5.82. The van der Waals surface area contributed by atoms with Gasteiger partial charge in [0.2, 0.25) is 0 Å². The number of nitrogens with zero attached hydrogens (tertiary/aromatic N) is 3. The molecule has 0 aliphatic carbocycles. The van der Waals surface area contributed by atoms with Crippen LogP contribution in [0.4, 0.5) is 17.1 Å². The third kappa shape index (κ3) is 4.90. The first-order valence-electron chi connectivity index (χ1n) is 7.21. The molecule has 0 saturated heterocycles. The molecule has 21 heavy (non-hydrogen) atoms. The first-order valence-corrected chi connectivity index (χ1v) is 7.21. The lowest BCUT2D eigenvalue weighted by molar-refractivity contribution is -0.383. The van der Waals surface area contributed by atoms with E-state index in [-0.39, 0.29) is 10.6 Å². The fourth-order valence-electron chi connectivity index (χ4n) is 2.25. The predicted octanol–water partition coefficient (Wildman–Crippen LogP) is 2.66. The van der Waals surface area contributed by atoms with Crippen molar-refractivity contribution in [3.05, 3.63) is 28.3 Å². The third-order valence-corrected chi connectivity index (χ3v) is 3.21. The topological polar surface area (TPSA) is 61.6 Å². The highest BCUT2D eigenvalue weighted by Gasteiger charge is 2.23. The quantitative estimate of drug-likeness (QED) is 0.590. The number of hydrogen-bond donors (Lipinski definition) is 1. The number of nitrogens with one attached hydrogen (secondary N) is 1. The summed E-state index contributed by atoms with van der Waals surface area (Å²) < 4.78 is 0. The van der Waals surface area contributed by atoms with Crippen molar-refractivity contribution in [2.24, 2.45) is 5.92 Å². The molecule has 0 atom stereocenters. The fraction of sp³-hybridized carbons (Fsp3) is 0.600. The summed E-state index contributed by atoms with van der Waals surface area (Å²) in [4.78, 5) is 15.3. The Labute approximate surface area is 126 Å². The van der Waals surface area contributed by atoms with Gasteiger partial charge in [0.1, 0.15) is 11.4 Å². The standard InChI is InChI=1S/C15H26N4O2/c1-12(2)11-18(10-9-17(4)5)14-8-6-7-13(16-3)15(14)19(20)21/h6-8,12,16H,9-11H2,1-5H3. The Hall–Kier alpha value is -1.82. The molecule has 1 N–H and O–H groups in total. The van der Waals surface area contributed by atoms with Crippen molar-refractivity contribution in [2.45, 2.75) is 13.8 Å². The van der Waals surface area contributed by atoms with Crippen molar-refractivity contribution < 1.29 is 4.92 Å². The van der Waals surface area contributed by atoms with Crippen LogP contribution >= 0.6 is 0 Å². The number of para-hydroxylation sites is 1. The highest BCUT2D eigenvalue weighted by atomic mass is 16.6. The highest BCUT2D eigenvalue weighted by Crippen LogP contribution is 2.35. The number of benzene rings is 1. The van der Waals surface area contributed by atoms with Gasteiger partial charge in [0.15, 0.2) is 0 Å². The maximum atomic E-state index is 11.5. The number of hydrogen-bond acceptors (Lipinski definition) is 5. The Balaban J connectivity index is 3.19. The minimum Gasteiger partial charge on any atom is -0.382 e. The van der Waals surface area contributed by atoms with E-state index < -0.39 is 0 Å². The lowest BCUT2D eigenvalue weighted by atomic mass is 10.1. The van der Waals surface area contributed by atoms with Gasteiger partial charge in [-0.3, -0.25) is 10.1 Å². The van der Waals surface area contributed by atoms with Gasteiger partial charge in [0.05, 0.1) is 4.92 Å². The predicted molar refractivity (Wildman–Crippen MR) is 88.2 cm³/mol. The molecule has 6 heteroatoms. The molecule has 0 amide bonds. The molecule has 0 unspecified atom stereocenters. The Morgan fingerprint density at radius 1 is 1.29 bits per heavy atom. The Morgan fingerprint density at radius 3 is 2.43 bits per heavy atom. The summed E-state index contributed by atoms with van der Waals surface area (Å²) in [6.07, 6.45) is 0. The van der Waals surface area contributed by atoms with Gasteiger partial charge in [-0.15, -0.1) is 0 Å². The van der Waals surface area contributed by atoms with Crippen LogP contribution in [0, 0.1) is 16.0 Å². The molecule has 1 rings (SSSR count). The number of rotatable bonds is 8. The van der Waals surface area contributed by atoms with Crippen LogP contribution in [0.1, 0.15) is 13.8 Å². The first-order chi connectivity index (χ1) is 9.86. The van der Waals surface area contributed by atoms with Crippen molar-refractivity contribution in [3.8, 4) is 0 Å². The summed E-state index contributed by atoms with van der Waals surface area (Å²) in [6, 6.07) is 5.43. The molecular formula is C15H26N4O2. The van der Waals surface area contributed by atoms with E-state index in [2.05, 4.69) is 29.0 Å². The minimum absolute atomic E-state index is 0.152. The average molecular weight is 294 g/mol. The molecule has 0 aliphatic rings. The molecule has 1 aromatic rings. The molecule has 1 aromatic carbocycles. The normalized spacial score (nSPS) is 11.0. The van der Waals surface area contributed by atoms with Crippen LogP contribution in [0.3, 0.4) is 0 Å². The number of anilines is 2. The van der Waals surface area contributed by atoms with Gasteiger partial charge in [-0.2, -0.15) is 0 Å². The summed E-state index contributed by atoms with van der Waals surface area (Å²) in [5, 5.41) is 14.4. The SMILES string of the molecule is CNc1cccc(N(CCN(C)C)CC(C)C)c1[N+](=O)[O-]. The van der Waals surface area contributed by atoms with E-state index in [4.69, 9.17) is 0 Å². The molecule has 0 aromatic heterocycles. The molecule has 6 nitrogen and oxygen atoms in total. The van der Waals surface area contributed by atoms with E-state index in [1.54, 1.807) is 13.1 Å². The molecule has 0 bridgehead atoms. The van der Waals surface area contributed by atoms with E-state index in [1.165, 1.54) is 0 Å². The van der Waals surface area contributed by atoms with E-state index in [9.17, 15) is 10.1 Å². The van der Waals surface area contributed by atoms with E-state index in [0.717, 1.165) is 19.6 Å². The largest absolute Gasteiger partial charge is 0.382 e. The zero-order valence-corrected chi connectivity index (χ0v) is 13.6. The maximum absolute atomic E-state index is 11.5. The molecular weight excluding hydrogens is 268 g/mol. The summed E-state index contributed by atoms with van der Waals surface area (Å²) in [5.41, 5.74) is 1.39. The smallest absolute Gasteiger partial charge is 0.315 e. The van der Waals surface area contributed by atoms with Gasteiger partial charge in [-0.05, 0) is 32.1 Å². The third-order valence-electron chi connectivity index (χ3n) is 3.21. The van der Waals surface area contributed by atoms with Crippen LogP contribution in [0.25, 0.3) is 0 Å². The number of nitro benzene ring substituents is 1. The van der Waals surface area contributed by atoms with Gasteiger partial charge < -0.3 is 15.1 Å². The van der Waals surface area contributed by atoms with Crippen LogP contribution in [0.2, 0.25) is 0 Å². The van der Waals surface area contributed by atoms with Crippen molar-refractivity contribution in [1.82, 2.24) is 4.90 Å². The van der Waals surface area contributed by atoms with Crippen molar-refractivity contribution in [1.29, 1.82) is 0 Å². The van der Waals surface area contributed by atoms with Crippen LogP contribution in [0.5, 0.6) is 0 Å². The second-order valence-corrected chi connectivity index (χ2v) is 5.82. The zero-order chi connectivity index (χ0) is 16.0. The lowest BCUT2D eigenvalue weighted by Crippen LogP contribution is -2.34. The van der Waals surface area contributed by atoms with E-state index in [1.807, 2.05) is 26.2 Å². The lowest BCUT2D eigenvalue weighted by Gasteiger charge is -2.28. The molecule has 0 saturated carbocycles. The van der Waals surface area contributed by atoms with Crippen molar-refractivity contribution in [3.63, 3.8) is 0 Å². The molecule has 0 heterocycles. The van der Waals surface area contributed by atoms with Gasteiger partial charge in [-0.25, -0.2) is 0 Å². The van der Waals surface area contributed by atoms with Crippen molar-refractivity contribution >= 4 is 17.1 Å². The summed E-state index contributed by atoms with van der Waals surface area (Å²) in [6.45, 7) is 6.65. The monoisotopic (exact) mass is 294 g/mol. The number of nitro groups is 1. The zero-order valence-electron chi connectivity index (χ0n) is 13.6. The highest BCUT2D eigenvalue weighted by molar-refractivity contribution is 5.76. The molecule has 0 radical (unpaired) electrons. The van der Waals surface area contributed by atoms with Crippen LogP contribution < -0.4 is 10.2 Å². The fourth-order valence-corrected chi connectivity index (χ4v) is 2.25. The van der Waals surface area contributed by atoms with E-state index in [0.29, 0.717) is 17.3 Å².